The van der Waals surface area contributed by atoms with Crippen LogP contribution in [0.1, 0.15) is 34.1 Å². The van der Waals surface area contributed by atoms with Crippen LogP contribution in [-0.4, -0.2) is 53.6 Å². The second-order valence-corrected chi connectivity index (χ2v) is 4.87. The quantitative estimate of drug-likeness (QED) is 0.610. The lowest BCUT2D eigenvalue weighted by Gasteiger charge is -2.26. The van der Waals surface area contributed by atoms with E-state index in [1.807, 2.05) is 13.8 Å². The summed E-state index contributed by atoms with van der Waals surface area (Å²) in [6.45, 7) is 8.10. The Hall–Kier alpha value is -1.79. The molecule has 0 saturated heterocycles. The number of amides is 3. The number of rotatable bonds is 8. The number of hydrogen-bond acceptors (Lipinski definition) is 3. The van der Waals surface area contributed by atoms with Gasteiger partial charge in [-0.3, -0.25) is 9.59 Å². The monoisotopic (exact) mass is 287 g/mol. The van der Waals surface area contributed by atoms with Crippen LogP contribution in [0.3, 0.4) is 0 Å². The molecule has 0 aliphatic heterocycles. The Bertz CT molecular complexity index is 345. The molecule has 0 radical (unpaired) electrons. The van der Waals surface area contributed by atoms with Gasteiger partial charge in [0.2, 0.25) is 5.91 Å². The Balaban J connectivity index is 4.58. The molecule has 0 saturated carbocycles. The molecule has 0 heterocycles. The molecular formula is C13H25N3O4. The van der Waals surface area contributed by atoms with Gasteiger partial charge in [-0.05, 0) is 19.8 Å². The molecule has 3 amide bonds. The molecule has 0 fully saturated rings. The molecule has 1 atom stereocenters. The smallest absolute Gasteiger partial charge is 0.318 e. The van der Waals surface area contributed by atoms with E-state index in [1.54, 1.807) is 13.8 Å². The van der Waals surface area contributed by atoms with E-state index in [-0.39, 0.29) is 24.8 Å². The molecule has 20 heavy (non-hydrogen) atoms. The lowest BCUT2D eigenvalue weighted by molar-refractivity contribution is -0.137. The van der Waals surface area contributed by atoms with Gasteiger partial charge in [-0.15, -0.1) is 0 Å². The fraction of sp³-hybridized carbons (Fsp3) is 0.769. The molecular weight excluding hydrogens is 262 g/mol. The number of urea groups is 1. The van der Waals surface area contributed by atoms with Gasteiger partial charge < -0.3 is 20.6 Å². The van der Waals surface area contributed by atoms with Gasteiger partial charge in [-0.1, -0.05) is 13.8 Å². The van der Waals surface area contributed by atoms with Crippen molar-refractivity contribution < 1.29 is 19.5 Å². The minimum atomic E-state index is -0.962. The first-order valence-corrected chi connectivity index (χ1v) is 6.85. The Morgan fingerprint density at radius 3 is 2.20 bits per heavy atom. The zero-order chi connectivity index (χ0) is 15.7. The third kappa shape index (κ3) is 6.96. The highest BCUT2D eigenvalue weighted by atomic mass is 16.4. The van der Waals surface area contributed by atoms with Crippen LogP contribution >= 0.6 is 0 Å². The van der Waals surface area contributed by atoms with Gasteiger partial charge in [0.1, 0.15) is 6.54 Å². The molecule has 7 nitrogen and oxygen atoms in total. The van der Waals surface area contributed by atoms with E-state index in [4.69, 9.17) is 5.11 Å². The Morgan fingerprint density at radius 2 is 1.80 bits per heavy atom. The highest BCUT2D eigenvalue weighted by molar-refractivity contribution is 5.84. The van der Waals surface area contributed by atoms with Crippen molar-refractivity contribution >= 4 is 17.9 Å². The van der Waals surface area contributed by atoms with Crippen LogP contribution in [0.25, 0.3) is 0 Å². The minimum Gasteiger partial charge on any atom is -0.481 e. The SMILES string of the molecule is CCNC(=O)CN(CC)C(=O)NC(CC(=O)O)C(C)C. The number of carbonyl (C=O) groups is 3. The van der Waals surface area contributed by atoms with Gasteiger partial charge in [-0.2, -0.15) is 0 Å². The number of nitrogens with one attached hydrogen (secondary N) is 2. The van der Waals surface area contributed by atoms with Crippen LogP contribution in [0.4, 0.5) is 4.79 Å². The first-order chi connectivity index (χ1) is 9.31. The average molecular weight is 287 g/mol. The van der Waals surface area contributed by atoms with Crippen LogP contribution < -0.4 is 10.6 Å². The highest BCUT2D eigenvalue weighted by Gasteiger charge is 2.22. The van der Waals surface area contributed by atoms with Gasteiger partial charge in [0, 0.05) is 19.1 Å². The normalized spacial score (nSPS) is 11.8. The highest BCUT2D eigenvalue weighted by Crippen LogP contribution is 2.07. The van der Waals surface area contributed by atoms with Crippen LogP contribution in [0.5, 0.6) is 0 Å². The van der Waals surface area contributed by atoms with Gasteiger partial charge in [-0.25, -0.2) is 4.79 Å². The second-order valence-electron chi connectivity index (χ2n) is 4.87. The van der Waals surface area contributed by atoms with E-state index in [1.165, 1.54) is 4.90 Å². The lowest BCUT2D eigenvalue weighted by Crippen LogP contribution is -2.50. The molecule has 7 heteroatoms. The molecule has 0 bridgehead atoms. The summed E-state index contributed by atoms with van der Waals surface area (Å²) in [4.78, 5) is 35.7. The van der Waals surface area contributed by atoms with E-state index >= 15 is 0 Å². The predicted molar refractivity (Wildman–Crippen MR) is 75.3 cm³/mol. The Labute approximate surface area is 119 Å². The number of nitrogens with zero attached hydrogens (tertiary/aromatic N) is 1. The zero-order valence-corrected chi connectivity index (χ0v) is 12.6. The van der Waals surface area contributed by atoms with E-state index in [0.717, 1.165) is 0 Å². The number of hydrogen-bond donors (Lipinski definition) is 3. The van der Waals surface area contributed by atoms with Crippen molar-refractivity contribution in [1.29, 1.82) is 0 Å². The third-order valence-corrected chi connectivity index (χ3v) is 2.89. The summed E-state index contributed by atoms with van der Waals surface area (Å²) < 4.78 is 0. The third-order valence-electron chi connectivity index (χ3n) is 2.89. The fourth-order valence-electron chi connectivity index (χ4n) is 1.65. The summed E-state index contributed by atoms with van der Waals surface area (Å²) in [5.41, 5.74) is 0. The molecule has 0 aliphatic rings. The summed E-state index contributed by atoms with van der Waals surface area (Å²) in [6.07, 6.45) is -0.137. The lowest BCUT2D eigenvalue weighted by atomic mass is 10.0. The summed E-state index contributed by atoms with van der Waals surface area (Å²) in [6, 6.07) is -0.873. The van der Waals surface area contributed by atoms with E-state index in [2.05, 4.69) is 10.6 Å². The van der Waals surface area contributed by atoms with Crippen molar-refractivity contribution in [1.82, 2.24) is 15.5 Å². The maximum atomic E-state index is 12.1. The molecule has 3 N–H and O–H groups in total. The van der Waals surface area contributed by atoms with Crippen molar-refractivity contribution in [2.45, 2.75) is 40.2 Å². The topological polar surface area (TPSA) is 98.7 Å². The van der Waals surface area contributed by atoms with E-state index in [9.17, 15) is 14.4 Å². The largest absolute Gasteiger partial charge is 0.481 e. The molecule has 0 aromatic carbocycles. The molecule has 1 unspecified atom stereocenters. The van der Waals surface area contributed by atoms with E-state index < -0.39 is 18.0 Å². The number of carboxylic acids is 1. The number of likely N-dealkylation sites (N-methyl/N-ethyl adjacent to an activating group) is 2. The maximum absolute atomic E-state index is 12.1. The molecule has 0 aliphatic carbocycles. The first kappa shape index (κ1) is 18.2. The minimum absolute atomic E-state index is 0.00164. The van der Waals surface area contributed by atoms with Gasteiger partial charge in [0.15, 0.2) is 0 Å². The van der Waals surface area contributed by atoms with Crippen LogP contribution in [-0.2, 0) is 9.59 Å². The Morgan fingerprint density at radius 1 is 1.20 bits per heavy atom. The molecule has 0 aromatic heterocycles. The second kappa shape index (κ2) is 9.17. The summed E-state index contributed by atoms with van der Waals surface area (Å²) >= 11 is 0. The maximum Gasteiger partial charge on any atom is 0.318 e. The summed E-state index contributed by atoms with van der Waals surface area (Å²) in [5.74, 6) is -1.20. The standard InChI is InChI=1S/C13H25N3O4/c1-5-14-11(17)8-16(6-2)13(20)15-10(9(3)4)7-12(18)19/h9-10H,5-8H2,1-4H3,(H,14,17)(H,15,20)(H,18,19). The first-order valence-electron chi connectivity index (χ1n) is 6.85. The number of carboxylic acid groups (broad SMARTS) is 1. The predicted octanol–water partition coefficient (Wildman–Crippen LogP) is 0.653. The molecule has 0 aromatic rings. The fourth-order valence-corrected chi connectivity index (χ4v) is 1.65. The number of carbonyl (C=O) groups excluding carboxylic acids is 2. The molecule has 0 spiro atoms. The summed E-state index contributed by atoms with van der Waals surface area (Å²) in [5, 5.41) is 14.1. The molecule has 116 valence electrons. The van der Waals surface area contributed by atoms with Crippen molar-refractivity contribution in [2.75, 3.05) is 19.6 Å². The van der Waals surface area contributed by atoms with Crippen LogP contribution in [0.15, 0.2) is 0 Å². The van der Waals surface area contributed by atoms with Gasteiger partial charge in [0.25, 0.3) is 0 Å². The van der Waals surface area contributed by atoms with Crippen molar-refractivity contribution in [3.8, 4) is 0 Å². The van der Waals surface area contributed by atoms with Crippen molar-refractivity contribution in [3.05, 3.63) is 0 Å². The van der Waals surface area contributed by atoms with Gasteiger partial charge >= 0.3 is 12.0 Å². The van der Waals surface area contributed by atoms with Crippen molar-refractivity contribution in [2.24, 2.45) is 5.92 Å². The van der Waals surface area contributed by atoms with Gasteiger partial charge in [0.05, 0.1) is 6.42 Å². The molecule has 0 rings (SSSR count). The van der Waals surface area contributed by atoms with Crippen molar-refractivity contribution in [3.63, 3.8) is 0 Å². The van der Waals surface area contributed by atoms with E-state index in [0.29, 0.717) is 13.1 Å². The Kier molecular flexibility index (Phi) is 8.35. The van der Waals surface area contributed by atoms with Crippen LogP contribution in [0, 0.1) is 5.92 Å². The van der Waals surface area contributed by atoms with Crippen LogP contribution in [0.2, 0.25) is 0 Å². The average Bonchev–Trinajstić information content (AvgIpc) is 2.34. The summed E-state index contributed by atoms with van der Waals surface area (Å²) in [7, 11) is 0. The number of aliphatic carboxylic acids is 1. The zero-order valence-electron chi connectivity index (χ0n) is 12.6.